The molecule has 1 aliphatic carbocycles. The molecule has 4 aromatic rings. The molecule has 4 heteroatoms. The minimum absolute atomic E-state index is 0.0962. The predicted molar refractivity (Wildman–Crippen MR) is 243 cm³/mol. The Morgan fingerprint density at radius 3 is 2.03 bits per heavy atom. The van der Waals surface area contributed by atoms with Gasteiger partial charge in [-0.1, -0.05) is 122 Å². The molecule has 0 spiro atoms. The third kappa shape index (κ3) is 7.80. The summed E-state index contributed by atoms with van der Waals surface area (Å²) in [5.41, 5.74) is 14.3. The maximum Gasteiger partial charge on any atom is 0.209 e. The lowest BCUT2D eigenvalue weighted by atomic mass is 9.81. The number of hydrogen-bond acceptors (Lipinski definition) is 2. The Bertz CT molecular complexity index is 2310. The molecule has 4 nitrogen and oxygen atoms in total. The lowest BCUT2D eigenvalue weighted by molar-refractivity contribution is -0.688. The highest BCUT2D eigenvalue weighted by Crippen LogP contribution is 2.48. The fourth-order valence-corrected chi connectivity index (χ4v) is 9.43. The van der Waals surface area contributed by atoms with Crippen molar-refractivity contribution in [1.82, 2.24) is 0 Å². The fourth-order valence-electron chi connectivity index (χ4n) is 9.43. The molecule has 0 fully saturated rings. The molecule has 0 bridgehead atoms. The van der Waals surface area contributed by atoms with Gasteiger partial charge in [-0.2, -0.15) is 4.58 Å². The van der Waals surface area contributed by atoms with E-state index in [4.69, 9.17) is 4.74 Å². The van der Waals surface area contributed by atoms with Gasteiger partial charge in [0.05, 0.1) is 5.41 Å². The first-order chi connectivity index (χ1) is 27.4. The van der Waals surface area contributed by atoms with Crippen LogP contribution in [0.3, 0.4) is 0 Å². The zero-order valence-corrected chi connectivity index (χ0v) is 37.4. The molecule has 2 aliphatic heterocycles. The summed E-state index contributed by atoms with van der Waals surface area (Å²) in [5, 5.41) is 0. The molecule has 0 saturated carbocycles. The maximum absolute atomic E-state index is 7.44. The van der Waals surface area contributed by atoms with E-state index in [2.05, 4.69) is 219 Å². The Hall–Kier alpha value is -4.96. The van der Waals surface area contributed by atoms with Crippen LogP contribution in [0.25, 0.3) is 0 Å². The van der Waals surface area contributed by atoms with Gasteiger partial charge in [-0.25, -0.2) is 4.57 Å². The zero-order valence-electron chi connectivity index (χ0n) is 37.4. The number of likely N-dealkylation sites (N-methyl/N-ethyl adjacent to an activating group) is 1. The molecule has 0 saturated heterocycles. The number of anilines is 1. The Balaban J connectivity index is 1.26. The van der Waals surface area contributed by atoms with E-state index in [9.17, 15) is 0 Å². The van der Waals surface area contributed by atoms with Crippen LogP contribution in [0.4, 0.5) is 11.4 Å². The van der Waals surface area contributed by atoms with Crippen LogP contribution in [0.1, 0.15) is 130 Å². The third-order valence-corrected chi connectivity index (χ3v) is 12.8. The summed E-state index contributed by atoms with van der Waals surface area (Å²) in [7, 11) is 0. The number of aromatic nitrogens is 1. The van der Waals surface area contributed by atoms with Crippen molar-refractivity contribution in [2.24, 2.45) is 5.41 Å². The van der Waals surface area contributed by atoms with Gasteiger partial charge >= 0.3 is 0 Å². The summed E-state index contributed by atoms with van der Waals surface area (Å²) >= 11 is 0. The molecule has 3 heterocycles. The van der Waals surface area contributed by atoms with E-state index in [1.807, 2.05) is 0 Å². The standard InChI is InChI=1S/C54H67N3O/c1-13-56-45-21-17-15-19-43(45)53(9,10)47(56)31-27-39-25-26-40(28-32-48-54(11,12)44-20-16-18-22-46(44)57(48)14-2)49(39)58-50(52(6,7)8)41-33-35-55(36-34-41)37-38-23-29-42(30-24-38)51(3,4)5/h15-24,27-36,50H,13-14,25-26,37H2,1-12H3/q+2. The van der Waals surface area contributed by atoms with Gasteiger partial charge in [-0.15, -0.1) is 0 Å². The van der Waals surface area contributed by atoms with E-state index in [-0.39, 0.29) is 27.8 Å². The first-order valence-corrected chi connectivity index (χ1v) is 21.6. The van der Waals surface area contributed by atoms with Crippen LogP contribution in [0.15, 0.2) is 144 Å². The van der Waals surface area contributed by atoms with Crippen LogP contribution in [0.2, 0.25) is 0 Å². The topological polar surface area (TPSA) is 19.4 Å². The smallest absolute Gasteiger partial charge is 0.209 e. The average Bonchev–Trinajstić information content (AvgIpc) is 3.75. The van der Waals surface area contributed by atoms with Crippen molar-refractivity contribution < 1.29 is 13.9 Å². The van der Waals surface area contributed by atoms with Crippen molar-refractivity contribution in [2.45, 2.75) is 125 Å². The molecule has 302 valence electrons. The second-order valence-electron chi connectivity index (χ2n) is 19.7. The van der Waals surface area contributed by atoms with Crippen molar-refractivity contribution in [3.63, 3.8) is 0 Å². The van der Waals surface area contributed by atoms with Crippen LogP contribution >= 0.6 is 0 Å². The number of para-hydroxylation sites is 2. The molecule has 3 aliphatic rings. The van der Waals surface area contributed by atoms with Crippen molar-refractivity contribution in [2.75, 3.05) is 18.0 Å². The van der Waals surface area contributed by atoms with Gasteiger partial charge in [0, 0.05) is 69.7 Å². The number of pyridine rings is 1. The van der Waals surface area contributed by atoms with Crippen molar-refractivity contribution >= 4 is 17.1 Å². The van der Waals surface area contributed by atoms with Crippen molar-refractivity contribution in [3.8, 4) is 0 Å². The highest BCUT2D eigenvalue weighted by atomic mass is 16.5. The Labute approximate surface area is 350 Å². The molecule has 1 aromatic heterocycles. The van der Waals surface area contributed by atoms with E-state index in [0.29, 0.717) is 0 Å². The lowest BCUT2D eigenvalue weighted by Gasteiger charge is -2.32. The molecule has 1 atom stereocenters. The van der Waals surface area contributed by atoms with Gasteiger partial charge < -0.3 is 9.64 Å². The highest BCUT2D eigenvalue weighted by molar-refractivity contribution is 6.03. The molecule has 1 unspecified atom stereocenters. The molecule has 7 rings (SSSR count). The maximum atomic E-state index is 7.44. The van der Waals surface area contributed by atoms with E-state index in [0.717, 1.165) is 38.2 Å². The summed E-state index contributed by atoms with van der Waals surface area (Å²) in [6, 6.07) is 31.4. The molecular formula is C54H67N3O+2. The molecular weight excluding hydrogens is 707 g/mol. The number of benzene rings is 3. The predicted octanol–water partition coefficient (Wildman–Crippen LogP) is 12.8. The Morgan fingerprint density at radius 2 is 1.40 bits per heavy atom. The second-order valence-corrected chi connectivity index (χ2v) is 19.7. The summed E-state index contributed by atoms with van der Waals surface area (Å²) < 4.78 is 12.2. The number of nitrogens with zero attached hydrogens (tertiary/aromatic N) is 3. The summed E-state index contributed by atoms with van der Waals surface area (Å²) in [5.74, 6) is 1.03. The van der Waals surface area contributed by atoms with Gasteiger partial charge in [0.25, 0.3) is 0 Å². The van der Waals surface area contributed by atoms with Crippen LogP contribution < -0.4 is 9.47 Å². The average molecular weight is 774 g/mol. The van der Waals surface area contributed by atoms with Gasteiger partial charge in [0.2, 0.25) is 5.69 Å². The molecule has 0 amide bonds. The quantitative estimate of drug-likeness (QED) is 0.150. The van der Waals surface area contributed by atoms with Gasteiger partial charge in [-0.05, 0) is 86.4 Å². The largest absolute Gasteiger partial charge is 0.485 e. The van der Waals surface area contributed by atoms with Gasteiger partial charge in [0.15, 0.2) is 24.7 Å². The van der Waals surface area contributed by atoms with E-state index >= 15 is 0 Å². The SMILES string of the molecule is CCN1/C(=C/C=C2\CCC(/C=C/C3=[N+](CC)c4ccccc4C3(C)C)=C2OC(c2cc[n+](Cc3ccc(C(C)(C)C)cc3)cc2)C(C)(C)C)C(C)(C)c2ccccc21. The second kappa shape index (κ2) is 15.7. The van der Waals surface area contributed by atoms with Crippen LogP contribution in [-0.4, -0.2) is 23.4 Å². The van der Waals surface area contributed by atoms with Crippen LogP contribution in [0.5, 0.6) is 0 Å². The highest BCUT2D eigenvalue weighted by Gasteiger charge is 2.44. The van der Waals surface area contributed by atoms with Crippen molar-refractivity contribution in [1.29, 1.82) is 0 Å². The monoisotopic (exact) mass is 774 g/mol. The third-order valence-electron chi connectivity index (χ3n) is 12.8. The Morgan fingerprint density at radius 1 is 0.741 bits per heavy atom. The minimum Gasteiger partial charge on any atom is -0.485 e. The fraction of sp³-hybridized carbons (Fsp3) is 0.407. The van der Waals surface area contributed by atoms with Gasteiger partial charge in [0.1, 0.15) is 18.4 Å². The van der Waals surface area contributed by atoms with Gasteiger partial charge in [-0.3, -0.25) is 0 Å². The van der Waals surface area contributed by atoms with Crippen LogP contribution in [0, 0.1) is 5.41 Å². The van der Waals surface area contributed by atoms with E-state index in [1.54, 1.807) is 0 Å². The van der Waals surface area contributed by atoms with E-state index in [1.165, 1.54) is 61.7 Å². The first kappa shape index (κ1) is 41.2. The molecule has 0 N–H and O–H groups in total. The van der Waals surface area contributed by atoms with E-state index < -0.39 is 0 Å². The van der Waals surface area contributed by atoms with Crippen LogP contribution in [-0.2, 0) is 27.5 Å². The molecule has 58 heavy (non-hydrogen) atoms. The first-order valence-electron chi connectivity index (χ1n) is 21.6. The number of fused-ring (bicyclic) bond motifs is 2. The normalized spacial score (nSPS) is 19.5. The molecule has 3 aromatic carbocycles. The number of rotatable bonds is 10. The summed E-state index contributed by atoms with van der Waals surface area (Å²) in [6.07, 6.45) is 15.7. The minimum atomic E-state index is -0.153. The zero-order chi connectivity index (χ0) is 41.6. The number of hydrogen-bond donors (Lipinski definition) is 0. The van der Waals surface area contributed by atoms with Crippen molar-refractivity contribution in [3.05, 3.63) is 172 Å². The molecule has 0 radical (unpaired) electrons. The lowest BCUT2D eigenvalue weighted by Crippen LogP contribution is -2.34. The Kier molecular flexibility index (Phi) is 11.1. The number of allylic oxidation sites excluding steroid dienone is 7. The summed E-state index contributed by atoms with van der Waals surface area (Å²) in [4.78, 5) is 2.48. The summed E-state index contributed by atoms with van der Waals surface area (Å²) in [6.45, 7) is 30.3. The number of ether oxygens (including phenoxy) is 1.